The number of nitrogens with two attached hydrogens (primary N) is 1. The molecular weight excluding hydrogens is 184 g/mol. The molecule has 0 aromatic heterocycles. The molecule has 0 spiro atoms. The van der Waals surface area contributed by atoms with Gasteiger partial charge in [0.25, 0.3) is 0 Å². The van der Waals surface area contributed by atoms with Crippen molar-refractivity contribution in [2.45, 2.75) is 25.8 Å². The molecule has 2 aliphatic heterocycles. The van der Waals surface area contributed by atoms with Gasteiger partial charge in [-0.3, -0.25) is 0 Å². The molecule has 1 aromatic carbocycles. The molecule has 0 amide bonds. The lowest BCUT2D eigenvalue weighted by Crippen LogP contribution is -2.25. The van der Waals surface area contributed by atoms with Gasteiger partial charge in [-0.2, -0.15) is 0 Å². The lowest BCUT2D eigenvalue weighted by Gasteiger charge is -2.19. The van der Waals surface area contributed by atoms with Crippen LogP contribution in [0.4, 0.5) is 5.69 Å². The molecule has 2 N–H and O–H groups in total. The number of nitrogens with zero attached hydrogens (tertiary/aromatic N) is 1. The van der Waals surface area contributed by atoms with Gasteiger partial charge >= 0.3 is 0 Å². The first-order chi connectivity index (χ1) is 7.28. The van der Waals surface area contributed by atoms with Gasteiger partial charge in [-0.25, -0.2) is 0 Å². The van der Waals surface area contributed by atoms with Crippen molar-refractivity contribution < 1.29 is 0 Å². The lowest BCUT2D eigenvalue weighted by atomic mass is 10.0. The third kappa shape index (κ3) is 1.36. The normalized spacial score (nSPS) is 28.0. The van der Waals surface area contributed by atoms with Gasteiger partial charge in [0.2, 0.25) is 0 Å². The smallest absolute Gasteiger partial charge is 0.0404 e. The van der Waals surface area contributed by atoms with Gasteiger partial charge in [0.05, 0.1) is 0 Å². The van der Waals surface area contributed by atoms with Crippen molar-refractivity contribution in [3.8, 4) is 0 Å². The quantitative estimate of drug-likeness (QED) is 0.751. The van der Waals surface area contributed by atoms with E-state index in [0.717, 1.165) is 19.1 Å². The summed E-state index contributed by atoms with van der Waals surface area (Å²) in [5, 5.41) is 0. The molecule has 1 saturated heterocycles. The fraction of sp³-hybridized carbons (Fsp3) is 0.538. The zero-order chi connectivity index (χ0) is 10.4. The molecule has 2 atom stereocenters. The van der Waals surface area contributed by atoms with E-state index in [1.807, 2.05) is 0 Å². The monoisotopic (exact) mass is 202 g/mol. The Morgan fingerprint density at radius 2 is 2.33 bits per heavy atom. The van der Waals surface area contributed by atoms with Crippen LogP contribution in [-0.4, -0.2) is 19.1 Å². The van der Waals surface area contributed by atoms with E-state index in [1.165, 1.54) is 29.7 Å². The number of hydrogen-bond acceptors (Lipinski definition) is 2. The minimum atomic E-state index is 0.712. The molecule has 15 heavy (non-hydrogen) atoms. The molecule has 2 unspecified atom stereocenters. The van der Waals surface area contributed by atoms with E-state index in [0.29, 0.717) is 5.92 Å². The van der Waals surface area contributed by atoms with Gasteiger partial charge in [-0.05, 0) is 49.4 Å². The fourth-order valence-electron chi connectivity index (χ4n) is 3.04. The predicted octanol–water partition coefficient (Wildman–Crippen LogP) is 1.70. The average Bonchev–Trinajstić information content (AvgIpc) is 2.75. The molecule has 2 nitrogen and oxygen atoms in total. The van der Waals surface area contributed by atoms with Crippen molar-refractivity contribution in [3.63, 3.8) is 0 Å². The van der Waals surface area contributed by atoms with Crippen molar-refractivity contribution >= 4 is 5.69 Å². The zero-order valence-corrected chi connectivity index (χ0v) is 9.24. The van der Waals surface area contributed by atoms with Crippen LogP contribution < -0.4 is 10.6 Å². The molecule has 0 bridgehead atoms. The van der Waals surface area contributed by atoms with Gasteiger partial charge in [0.15, 0.2) is 0 Å². The molecular formula is C13H18N2. The van der Waals surface area contributed by atoms with Crippen LogP contribution >= 0.6 is 0 Å². The zero-order valence-electron chi connectivity index (χ0n) is 9.24. The number of rotatable bonds is 1. The summed E-state index contributed by atoms with van der Waals surface area (Å²) in [7, 11) is 0. The second-order valence-electron chi connectivity index (χ2n) is 4.98. The van der Waals surface area contributed by atoms with Crippen molar-refractivity contribution in [1.29, 1.82) is 0 Å². The molecule has 2 heterocycles. The highest BCUT2D eigenvalue weighted by Crippen LogP contribution is 2.39. The highest BCUT2D eigenvalue weighted by atomic mass is 15.2. The van der Waals surface area contributed by atoms with Crippen molar-refractivity contribution in [3.05, 3.63) is 29.3 Å². The van der Waals surface area contributed by atoms with Crippen LogP contribution in [0.25, 0.3) is 0 Å². The molecule has 2 heteroatoms. The van der Waals surface area contributed by atoms with Crippen LogP contribution in [-0.2, 0) is 6.42 Å². The van der Waals surface area contributed by atoms with Gasteiger partial charge in [0.1, 0.15) is 0 Å². The number of hydrogen-bond donors (Lipinski definition) is 1. The Balaban J connectivity index is 1.94. The summed E-state index contributed by atoms with van der Waals surface area (Å²) in [6.07, 6.45) is 2.51. The Morgan fingerprint density at radius 1 is 1.47 bits per heavy atom. The largest absolute Gasteiger partial charge is 0.368 e. The minimum absolute atomic E-state index is 0.712. The van der Waals surface area contributed by atoms with E-state index in [-0.39, 0.29) is 0 Å². The van der Waals surface area contributed by atoms with Crippen molar-refractivity contribution in [1.82, 2.24) is 0 Å². The summed E-state index contributed by atoms with van der Waals surface area (Å²) < 4.78 is 0. The first kappa shape index (κ1) is 9.22. The Kier molecular flexibility index (Phi) is 1.99. The van der Waals surface area contributed by atoms with Gasteiger partial charge in [-0.1, -0.05) is 12.1 Å². The van der Waals surface area contributed by atoms with Gasteiger partial charge in [0, 0.05) is 18.3 Å². The molecule has 1 fully saturated rings. The number of aryl methyl sites for hydroxylation is 1. The van der Waals surface area contributed by atoms with E-state index in [2.05, 4.69) is 30.0 Å². The predicted molar refractivity (Wildman–Crippen MR) is 63.2 cm³/mol. The third-order valence-electron chi connectivity index (χ3n) is 3.84. The Labute approximate surface area is 91.1 Å². The Hall–Kier alpha value is -1.02. The molecule has 0 aliphatic carbocycles. The maximum absolute atomic E-state index is 5.76. The minimum Gasteiger partial charge on any atom is -0.368 e. The summed E-state index contributed by atoms with van der Waals surface area (Å²) in [5.74, 6) is 0.712. The molecule has 1 aromatic rings. The maximum Gasteiger partial charge on any atom is 0.0404 e. The standard InChI is InChI=1S/C13H18N2/c1-9-2-3-11-6-12-5-10(7-14)8-15(12)13(11)4-9/h2-4,10,12H,5-8,14H2,1H3. The SMILES string of the molecule is Cc1ccc2c(c1)N1CC(CN)CC1C2. The van der Waals surface area contributed by atoms with E-state index >= 15 is 0 Å². The highest BCUT2D eigenvalue weighted by Gasteiger charge is 2.37. The van der Waals surface area contributed by atoms with Crippen LogP contribution in [0.3, 0.4) is 0 Å². The topological polar surface area (TPSA) is 29.3 Å². The molecule has 80 valence electrons. The molecule has 2 aliphatic rings. The van der Waals surface area contributed by atoms with Crippen molar-refractivity contribution in [2.75, 3.05) is 18.0 Å². The summed E-state index contributed by atoms with van der Waals surface area (Å²) in [6.45, 7) is 4.18. The maximum atomic E-state index is 5.76. The first-order valence-corrected chi connectivity index (χ1v) is 5.84. The third-order valence-corrected chi connectivity index (χ3v) is 3.84. The van der Waals surface area contributed by atoms with Crippen LogP contribution in [0, 0.1) is 12.8 Å². The van der Waals surface area contributed by atoms with Crippen LogP contribution in [0.1, 0.15) is 17.5 Å². The van der Waals surface area contributed by atoms with Gasteiger partial charge < -0.3 is 10.6 Å². The summed E-state index contributed by atoms with van der Waals surface area (Å²) in [5.41, 5.74) is 10.1. The first-order valence-electron chi connectivity index (χ1n) is 5.84. The molecule has 0 radical (unpaired) electrons. The average molecular weight is 202 g/mol. The van der Waals surface area contributed by atoms with Crippen LogP contribution in [0.15, 0.2) is 18.2 Å². The van der Waals surface area contributed by atoms with Crippen molar-refractivity contribution in [2.24, 2.45) is 11.7 Å². The number of benzene rings is 1. The summed E-state index contributed by atoms with van der Waals surface area (Å²) >= 11 is 0. The second-order valence-corrected chi connectivity index (χ2v) is 4.98. The van der Waals surface area contributed by atoms with E-state index in [9.17, 15) is 0 Å². The fourth-order valence-corrected chi connectivity index (χ4v) is 3.04. The number of anilines is 1. The Morgan fingerprint density at radius 3 is 3.13 bits per heavy atom. The van der Waals surface area contributed by atoms with E-state index in [4.69, 9.17) is 5.73 Å². The van der Waals surface area contributed by atoms with E-state index < -0.39 is 0 Å². The van der Waals surface area contributed by atoms with Crippen LogP contribution in [0.5, 0.6) is 0 Å². The van der Waals surface area contributed by atoms with Gasteiger partial charge in [-0.15, -0.1) is 0 Å². The highest BCUT2D eigenvalue weighted by molar-refractivity contribution is 5.61. The molecule has 3 rings (SSSR count). The lowest BCUT2D eigenvalue weighted by molar-refractivity contribution is 0.566. The number of fused-ring (bicyclic) bond motifs is 3. The van der Waals surface area contributed by atoms with E-state index in [1.54, 1.807) is 0 Å². The Bertz CT molecular complexity index is 386. The molecule has 0 saturated carbocycles. The summed E-state index contributed by atoms with van der Waals surface area (Å²) in [6, 6.07) is 7.58. The van der Waals surface area contributed by atoms with Crippen LogP contribution in [0.2, 0.25) is 0 Å². The summed E-state index contributed by atoms with van der Waals surface area (Å²) in [4.78, 5) is 2.57. The second kappa shape index (κ2) is 3.24.